The lowest BCUT2D eigenvalue weighted by Gasteiger charge is -2.16. The van der Waals surface area contributed by atoms with Gasteiger partial charge in [-0.1, -0.05) is 30.3 Å². The summed E-state index contributed by atoms with van der Waals surface area (Å²) in [6, 6.07) is 15.7. The van der Waals surface area contributed by atoms with E-state index in [0.29, 0.717) is 12.8 Å². The van der Waals surface area contributed by atoms with Crippen molar-refractivity contribution in [1.29, 1.82) is 0 Å². The van der Waals surface area contributed by atoms with Gasteiger partial charge in [0, 0.05) is 18.6 Å². The van der Waals surface area contributed by atoms with E-state index in [1.807, 2.05) is 30.3 Å². The van der Waals surface area contributed by atoms with Gasteiger partial charge in [0.15, 0.2) is 0 Å². The Morgan fingerprint density at radius 3 is 2.41 bits per heavy atom. The number of nitro benzene ring substituents is 1. The highest BCUT2D eigenvalue weighted by molar-refractivity contribution is 6.02. The smallest absolute Gasteiger partial charge is 0.269 e. The first-order chi connectivity index (χ1) is 10.7. The van der Waals surface area contributed by atoms with Gasteiger partial charge in [-0.25, -0.2) is 5.01 Å². The Morgan fingerprint density at radius 1 is 1.14 bits per heavy atom. The predicted molar refractivity (Wildman–Crippen MR) is 81.3 cm³/mol. The van der Waals surface area contributed by atoms with Crippen molar-refractivity contribution in [3.8, 4) is 0 Å². The van der Waals surface area contributed by atoms with Gasteiger partial charge in [-0.05, 0) is 23.3 Å². The normalized spacial score (nSPS) is 17.2. The van der Waals surface area contributed by atoms with Crippen LogP contribution in [0.1, 0.15) is 23.6 Å². The van der Waals surface area contributed by atoms with E-state index in [1.165, 1.54) is 17.1 Å². The van der Waals surface area contributed by atoms with Crippen LogP contribution in [0.15, 0.2) is 59.7 Å². The van der Waals surface area contributed by atoms with Crippen LogP contribution in [-0.2, 0) is 4.79 Å². The Bertz CT molecular complexity index is 726. The minimum absolute atomic E-state index is 0.0363. The molecule has 110 valence electrons. The maximum absolute atomic E-state index is 11.2. The monoisotopic (exact) mass is 295 g/mol. The third-order valence-electron chi connectivity index (χ3n) is 3.65. The lowest BCUT2D eigenvalue weighted by molar-refractivity contribution is -0.384. The van der Waals surface area contributed by atoms with E-state index in [0.717, 1.165) is 16.8 Å². The number of non-ortho nitro benzene ring substituents is 1. The average Bonchev–Trinajstić information content (AvgIpc) is 3.00. The number of nitro groups is 1. The van der Waals surface area contributed by atoms with Gasteiger partial charge in [0.1, 0.15) is 0 Å². The quantitative estimate of drug-likeness (QED) is 0.494. The van der Waals surface area contributed by atoms with Gasteiger partial charge in [0.2, 0.25) is 6.41 Å². The number of rotatable bonds is 4. The number of nitrogens with zero attached hydrogens (tertiary/aromatic N) is 3. The molecule has 1 atom stereocenters. The van der Waals surface area contributed by atoms with Crippen molar-refractivity contribution in [3.05, 3.63) is 75.8 Å². The number of hydrazone groups is 1. The summed E-state index contributed by atoms with van der Waals surface area (Å²) in [5.74, 6) is 0. The van der Waals surface area contributed by atoms with Crippen molar-refractivity contribution in [2.75, 3.05) is 0 Å². The van der Waals surface area contributed by atoms with E-state index in [9.17, 15) is 14.9 Å². The van der Waals surface area contributed by atoms with Crippen LogP contribution in [0.25, 0.3) is 0 Å². The third-order valence-corrected chi connectivity index (χ3v) is 3.65. The Kier molecular flexibility index (Phi) is 3.65. The van der Waals surface area contributed by atoms with Crippen LogP contribution in [0.5, 0.6) is 0 Å². The second-order valence-electron chi connectivity index (χ2n) is 4.97. The molecule has 0 N–H and O–H groups in total. The van der Waals surface area contributed by atoms with Crippen LogP contribution in [0.4, 0.5) is 5.69 Å². The summed E-state index contributed by atoms with van der Waals surface area (Å²) in [6.07, 6.45) is 1.29. The number of hydrogen-bond donors (Lipinski definition) is 0. The maximum atomic E-state index is 11.2. The molecule has 2 aromatic carbocycles. The highest BCUT2D eigenvalue weighted by Crippen LogP contribution is 2.31. The number of amides is 1. The van der Waals surface area contributed by atoms with Crippen molar-refractivity contribution in [2.45, 2.75) is 12.5 Å². The molecule has 1 heterocycles. The molecule has 0 spiro atoms. The van der Waals surface area contributed by atoms with Crippen molar-refractivity contribution >= 4 is 17.8 Å². The fourth-order valence-electron chi connectivity index (χ4n) is 2.52. The van der Waals surface area contributed by atoms with Crippen molar-refractivity contribution in [1.82, 2.24) is 5.01 Å². The van der Waals surface area contributed by atoms with Crippen molar-refractivity contribution < 1.29 is 9.72 Å². The molecule has 0 radical (unpaired) electrons. The van der Waals surface area contributed by atoms with Gasteiger partial charge in [-0.2, -0.15) is 5.10 Å². The molecule has 6 nitrogen and oxygen atoms in total. The Morgan fingerprint density at radius 2 is 1.82 bits per heavy atom. The molecule has 0 saturated carbocycles. The van der Waals surface area contributed by atoms with E-state index in [4.69, 9.17) is 0 Å². The van der Waals surface area contributed by atoms with Crippen molar-refractivity contribution in [3.63, 3.8) is 0 Å². The van der Waals surface area contributed by atoms with E-state index in [-0.39, 0.29) is 11.7 Å². The van der Waals surface area contributed by atoms with E-state index in [2.05, 4.69) is 5.10 Å². The summed E-state index contributed by atoms with van der Waals surface area (Å²) >= 11 is 0. The average molecular weight is 295 g/mol. The zero-order valence-corrected chi connectivity index (χ0v) is 11.6. The summed E-state index contributed by atoms with van der Waals surface area (Å²) < 4.78 is 0. The molecule has 1 amide bonds. The molecule has 6 heteroatoms. The predicted octanol–water partition coefficient (Wildman–Crippen LogP) is 2.90. The number of carbonyl (C=O) groups is 1. The molecule has 0 aromatic heterocycles. The number of carbonyl (C=O) groups excluding carboxylic acids is 1. The molecule has 2 aromatic rings. The van der Waals surface area contributed by atoms with Gasteiger partial charge < -0.3 is 0 Å². The topological polar surface area (TPSA) is 75.8 Å². The molecule has 22 heavy (non-hydrogen) atoms. The highest BCUT2D eigenvalue weighted by atomic mass is 16.6. The van der Waals surface area contributed by atoms with Crippen LogP contribution >= 0.6 is 0 Å². The van der Waals surface area contributed by atoms with Gasteiger partial charge in [-0.3, -0.25) is 14.9 Å². The number of benzene rings is 2. The fraction of sp³-hybridized carbons (Fsp3) is 0.125. The molecule has 3 rings (SSSR count). The first-order valence-electron chi connectivity index (χ1n) is 6.80. The molecule has 1 unspecified atom stereocenters. The SMILES string of the molecule is O=CN1N=C(c2ccc([N+](=O)[O-])cc2)CC1c1ccccc1. The Labute approximate surface area is 126 Å². The van der Waals surface area contributed by atoms with Gasteiger partial charge in [0.25, 0.3) is 5.69 Å². The number of hydrogen-bond acceptors (Lipinski definition) is 4. The lowest BCUT2D eigenvalue weighted by atomic mass is 9.98. The Hall–Kier alpha value is -3.02. The van der Waals surface area contributed by atoms with Gasteiger partial charge >= 0.3 is 0 Å². The first kappa shape index (κ1) is 13.9. The maximum Gasteiger partial charge on any atom is 0.269 e. The molecular weight excluding hydrogens is 282 g/mol. The van der Waals surface area contributed by atoms with Crippen LogP contribution in [0, 0.1) is 10.1 Å². The lowest BCUT2D eigenvalue weighted by Crippen LogP contribution is -2.17. The summed E-state index contributed by atoms with van der Waals surface area (Å²) in [4.78, 5) is 21.5. The van der Waals surface area contributed by atoms with Crippen LogP contribution in [-0.4, -0.2) is 22.1 Å². The minimum Gasteiger partial charge on any atom is -0.277 e. The highest BCUT2D eigenvalue weighted by Gasteiger charge is 2.28. The molecule has 1 aliphatic rings. The van der Waals surface area contributed by atoms with E-state index < -0.39 is 4.92 Å². The second kappa shape index (κ2) is 5.77. The molecular formula is C16H13N3O3. The minimum atomic E-state index is -0.440. The van der Waals surface area contributed by atoms with Crippen molar-refractivity contribution in [2.24, 2.45) is 5.10 Å². The molecule has 0 fully saturated rings. The molecule has 0 bridgehead atoms. The standard InChI is InChI=1S/C16H13N3O3/c20-11-18-16(13-4-2-1-3-5-13)10-15(17-18)12-6-8-14(9-7-12)19(21)22/h1-9,11,16H,10H2. The van der Waals surface area contributed by atoms with Gasteiger partial charge in [-0.15, -0.1) is 0 Å². The summed E-state index contributed by atoms with van der Waals surface area (Å²) in [7, 11) is 0. The van der Waals surface area contributed by atoms with E-state index in [1.54, 1.807) is 12.1 Å². The van der Waals surface area contributed by atoms with Gasteiger partial charge in [0.05, 0.1) is 16.7 Å². The summed E-state index contributed by atoms with van der Waals surface area (Å²) in [5.41, 5.74) is 2.58. The van der Waals surface area contributed by atoms with E-state index >= 15 is 0 Å². The summed E-state index contributed by atoms with van der Waals surface area (Å²) in [6.45, 7) is 0. The Balaban J connectivity index is 1.86. The third kappa shape index (κ3) is 2.58. The molecule has 0 saturated heterocycles. The zero-order valence-electron chi connectivity index (χ0n) is 11.6. The van der Waals surface area contributed by atoms with Crippen LogP contribution in [0.2, 0.25) is 0 Å². The second-order valence-corrected chi connectivity index (χ2v) is 4.97. The van der Waals surface area contributed by atoms with Crippen LogP contribution in [0.3, 0.4) is 0 Å². The largest absolute Gasteiger partial charge is 0.277 e. The molecule has 1 aliphatic heterocycles. The fourth-order valence-corrected chi connectivity index (χ4v) is 2.52. The first-order valence-corrected chi connectivity index (χ1v) is 6.80. The zero-order chi connectivity index (χ0) is 15.5. The van der Waals surface area contributed by atoms with Crippen LogP contribution < -0.4 is 0 Å². The molecule has 0 aliphatic carbocycles. The summed E-state index contributed by atoms with van der Waals surface area (Å²) in [5, 5.41) is 16.4.